The van der Waals surface area contributed by atoms with Gasteiger partial charge in [-0.2, -0.15) is 0 Å². The van der Waals surface area contributed by atoms with Crippen LogP contribution in [0.25, 0.3) is 0 Å². The highest BCUT2D eigenvalue weighted by atomic mass is 15.2. The molecule has 3 heteroatoms. The molecule has 0 aliphatic heterocycles. The van der Waals surface area contributed by atoms with Gasteiger partial charge in [-0.1, -0.05) is 19.9 Å². The first-order chi connectivity index (χ1) is 7.04. The fourth-order valence-corrected chi connectivity index (χ4v) is 1.82. The normalized spacial score (nSPS) is 13.2. The van der Waals surface area contributed by atoms with Crippen LogP contribution in [0.3, 0.4) is 0 Å². The van der Waals surface area contributed by atoms with Crippen LogP contribution in [-0.4, -0.2) is 4.98 Å². The van der Waals surface area contributed by atoms with Gasteiger partial charge in [0.25, 0.3) is 0 Å². The Hall–Kier alpha value is -0.930. The number of nitrogens with two attached hydrogens (primary N) is 1. The molecule has 1 aromatic heterocycles. The van der Waals surface area contributed by atoms with E-state index in [0.29, 0.717) is 5.92 Å². The number of hydrogen-bond acceptors (Lipinski definition) is 3. The molecule has 1 atom stereocenters. The van der Waals surface area contributed by atoms with Crippen molar-refractivity contribution >= 4 is 0 Å². The molecular formula is C12H21N3. The van der Waals surface area contributed by atoms with E-state index >= 15 is 0 Å². The summed E-state index contributed by atoms with van der Waals surface area (Å²) in [4.78, 5) is 4.46. The second-order valence-corrected chi connectivity index (χ2v) is 4.56. The molecule has 0 saturated carbocycles. The summed E-state index contributed by atoms with van der Waals surface area (Å²) in [5, 5.41) is 0. The minimum Gasteiger partial charge on any atom is -0.271 e. The summed E-state index contributed by atoms with van der Waals surface area (Å²) in [6.07, 6.45) is 2.90. The molecule has 3 nitrogen and oxygen atoms in total. The van der Waals surface area contributed by atoms with Crippen molar-refractivity contribution < 1.29 is 0 Å². The van der Waals surface area contributed by atoms with Crippen LogP contribution in [0.5, 0.6) is 0 Å². The molecule has 0 aromatic carbocycles. The number of aryl methyl sites for hydroxylation is 2. The summed E-state index contributed by atoms with van der Waals surface area (Å²) in [6.45, 7) is 8.51. The molecule has 0 spiro atoms. The molecule has 0 saturated heterocycles. The van der Waals surface area contributed by atoms with E-state index in [4.69, 9.17) is 5.84 Å². The van der Waals surface area contributed by atoms with E-state index in [9.17, 15) is 0 Å². The Labute approximate surface area is 92.1 Å². The predicted molar refractivity (Wildman–Crippen MR) is 63.2 cm³/mol. The molecule has 0 bridgehead atoms. The number of hydrazine groups is 1. The van der Waals surface area contributed by atoms with E-state index in [-0.39, 0.29) is 6.04 Å². The lowest BCUT2D eigenvalue weighted by Crippen LogP contribution is -2.30. The Bertz CT molecular complexity index is 321. The van der Waals surface area contributed by atoms with Gasteiger partial charge in [-0.25, -0.2) is 0 Å². The first-order valence-electron chi connectivity index (χ1n) is 5.44. The number of nitrogens with one attached hydrogen (secondary N) is 1. The van der Waals surface area contributed by atoms with Crippen LogP contribution in [0.1, 0.15) is 43.1 Å². The topological polar surface area (TPSA) is 50.9 Å². The van der Waals surface area contributed by atoms with E-state index in [1.54, 1.807) is 0 Å². The fourth-order valence-electron chi connectivity index (χ4n) is 1.82. The number of hydrogen-bond donors (Lipinski definition) is 2. The Kier molecular flexibility index (Phi) is 4.24. The van der Waals surface area contributed by atoms with Crippen LogP contribution < -0.4 is 11.3 Å². The van der Waals surface area contributed by atoms with Crippen molar-refractivity contribution in [2.24, 2.45) is 11.8 Å². The zero-order chi connectivity index (χ0) is 11.4. The smallest absolute Gasteiger partial charge is 0.0637 e. The molecule has 1 aromatic rings. The molecule has 1 heterocycles. The zero-order valence-corrected chi connectivity index (χ0v) is 10.0. The van der Waals surface area contributed by atoms with Crippen LogP contribution in [-0.2, 0) is 0 Å². The second-order valence-electron chi connectivity index (χ2n) is 4.56. The summed E-state index contributed by atoms with van der Waals surface area (Å²) in [6, 6.07) is 2.30. The highest BCUT2D eigenvalue weighted by Crippen LogP contribution is 2.21. The summed E-state index contributed by atoms with van der Waals surface area (Å²) >= 11 is 0. The maximum absolute atomic E-state index is 5.57. The monoisotopic (exact) mass is 207 g/mol. The third-order valence-corrected chi connectivity index (χ3v) is 2.49. The molecule has 0 radical (unpaired) electrons. The molecule has 3 N–H and O–H groups in total. The molecule has 0 aliphatic rings. The number of aromatic nitrogens is 1. The Morgan fingerprint density at radius 1 is 1.40 bits per heavy atom. The standard InChI is InChI=1S/C12H21N3/c1-8(2)5-11(15-13)12-10(4)6-9(3)7-14-12/h6-8,11,15H,5,13H2,1-4H3. The molecule has 15 heavy (non-hydrogen) atoms. The quantitative estimate of drug-likeness (QED) is 0.588. The molecule has 0 amide bonds. The summed E-state index contributed by atoms with van der Waals surface area (Å²) in [5.74, 6) is 6.18. The Morgan fingerprint density at radius 3 is 2.53 bits per heavy atom. The molecule has 1 rings (SSSR count). The minimum absolute atomic E-state index is 0.158. The van der Waals surface area contributed by atoms with Gasteiger partial charge in [0.2, 0.25) is 0 Å². The zero-order valence-electron chi connectivity index (χ0n) is 10.0. The van der Waals surface area contributed by atoms with Gasteiger partial charge in [0, 0.05) is 6.20 Å². The number of nitrogens with zero attached hydrogens (tertiary/aromatic N) is 1. The van der Waals surface area contributed by atoms with Crippen LogP contribution in [0.2, 0.25) is 0 Å². The van der Waals surface area contributed by atoms with Crippen LogP contribution >= 0.6 is 0 Å². The Morgan fingerprint density at radius 2 is 2.07 bits per heavy atom. The molecular weight excluding hydrogens is 186 g/mol. The summed E-state index contributed by atoms with van der Waals surface area (Å²) in [5.41, 5.74) is 6.31. The van der Waals surface area contributed by atoms with E-state index in [0.717, 1.165) is 12.1 Å². The summed E-state index contributed by atoms with van der Waals surface area (Å²) in [7, 11) is 0. The van der Waals surface area contributed by atoms with Crippen molar-refractivity contribution in [3.63, 3.8) is 0 Å². The minimum atomic E-state index is 0.158. The highest BCUT2D eigenvalue weighted by molar-refractivity contribution is 5.25. The van der Waals surface area contributed by atoms with Crippen LogP contribution in [0.4, 0.5) is 0 Å². The average molecular weight is 207 g/mol. The maximum atomic E-state index is 5.57. The van der Waals surface area contributed by atoms with Crippen molar-refractivity contribution in [2.45, 2.75) is 40.2 Å². The average Bonchev–Trinajstić information content (AvgIpc) is 2.14. The first kappa shape index (κ1) is 12.1. The molecule has 0 fully saturated rings. The van der Waals surface area contributed by atoms with Crippen LogP contribution in [0, 0.1) is 19.8 Å². The lowest BCUT2D eigenvalue weighted by molar-refractivity contribution is 0.428. The van der Waals surface area contributed by atoms with Gasteiger partial charge in [0.1, 0.15) is 0 Å². The van der Waals surface area contributed by atoms with Gasteiger partial charge in [-0.15, -0.1) is 0 Å². The van der Waals surface area contributed by atoms with Gasteiger partial charge < -0.3 is 0 Å². The third-order valence-electron chi connectivity index (χ3n) is 2.49. The largest absolute Gasteiger partial charge is 0.271 e. The van der Waals surface area contributed by atoms with Gasteiger partial charge in [0.15, 0.2) is 0 Å². The van der Waals surface area contributed by atoms with Gasteiger partial charge in [-0.3, -0.25) is 16.3 Å². The van der Waals surface area contributed by atoms with E-state index in [2.05, 4.69) is 44.2 Å². The number of pyridine rings is 1. The van der Waals surface area contributed by atoms with Crippen molar-refractivity contribution in [2.75, 3.05) is 0 Å². The van der Waals surface area contributed by atoms with E-state index in [1.165, 1.54) is 11.1 Å². The number of rotatable bonds is 4. The lowest BCUT2D eigenvalue weighted by atomic mass is 9.98. The van der Waals surface area contributed by atoms with Crippen molar-refractivity contribution in [3.05, 3.63) is 29.1 Å². The lowest BCUT2D eigenvalue weighted by Gasteiger charge is -2.19. The van der Waals surface area contributed by atoms with E-state index in [1.807, 2.05) is 6.20 Å². The van der Waals surface area contributed by atoms with Gasteiger partial charge in [-0.05, 0) is 37.3 Å². The SMILES string of the molecule is Cc1cnc(C(CC(C)C)NN)c(C)c1. The van der Waals surface area contributed by atoms with E-state index < -0.39 is 0 Å². The van der Waals surface area contributed by atoms with Crippen LogP contribution in [0.15, 0.2) is 12.3 Å². The van der Waals surface area contributed by atoms with Crippen molar-refractivity contribution in [3.8, 4) is 0 Å². The Balaban J connectivity index is 2.91. The third kappa shape index (κ3) is 3.29. The van der Waals surface area contributed by atoms with Crippen molar-refractivity contribution in [1.29, 1.82) is 0 Å². The van der Waals surface area contributed by atoms with Gasteiger partial charge in [0.05, 0.1) is 11.7 Å². The van der Waals surface area contributed by atoms with Gasteiger partial charge >= 0.3 is 0 Å². The highest BCUT2D eigenvalue weighted by Gasteiger charge is 2.15. The molecule has 1 unspecified atom stereocenters. The fraction of sp³-hybridized carbons (Fsp3) is 0.583. The maximum Gasteiger partial charge on any atom is 0.0637 e. The summed E-state index contributed by atoms with van der Waals surface area (Å²) < 4.78 is 0. The molecule has 0 aliphatic carbocycles. The molecule has 84 valence electrons. The first-order valence-corrected chi connectivity index (χ1v) is 5.44. The predicted octanol–water partition coefficient (Wildman–Crippen LogP) is 2.25. The van der Waals surface area contributed by atoms with Crippen molar-refractivity contribution in [1.82, 2.24) is 10.4 Å². The second kappa shape index (κ2) is 5.24.